The number of hydrogen-bond acceptors (Lipinski definition) is 3. The van der Waals surface area contributed by atoms with Gasteiger partial charge in [-0.1, -0.05) is 13.8 Å². The van der Waals surface area contributed by atoms with Crippen molar-refractivity contribution in [2.75, 3.05) is 13.2 Å². The van der Waals surface area contributed by atoms with Gasteiger partial charge in [-0.3, -0.25) is 4.79 Å². The number of rotatable bonds is 3. The van der Waals surface area contributed by atoms with E-state index in [2.05, 4.69) is 0 Å². The van der Waals surface area contributed by atoms with E-state index in [9.17, 15) is 4.79 Å². The molecule has 0 amide bonds. The zero-order valence-corrected chi connectivity index (χ0v) is 7.00. The topological polar surface area (TPSA) is 35.5 Å². The van der Waals surface area contributed by atoms with Crippen LogP contribution in [0, 0.1) is 5.92 Å². The summed E-state index contributed by atoms with van der Waals surface area (Å²) in [6, 6.07) is 0. The molecule has 1 unspecified atom stereocenters. The van der Waals surface area contributed by atoms with E-state index in [1.165, 1.54) is 0 Å². The second-order valence-corrected chi connectivity index (χ2v) is 2.91. The van der Waals surface area contributed by atoms with Gasteiger partial charge in [-0.05, 0) is 6.42 Å². The van der Waals surface area contributed by atoms with Gasteiger partial charge < -0.3 is 9.47 Å². The van der Waals surface area contributed by atoms with Crippen LogP contribution in [-0.4, -0.2) is 25.3 Å². The van der Waals surface area contributed by atoms with Gasteiger partial charge in [0.05, 0.1) is 19.1 Å². The Morgan fingerprint density at radius 3 is 2.73 bits per heavy atom. The summed E-state index contributed by atoms with van der Waals surface area (Å²) in [6.45, 7) is 5.00. The van der Waals surface area contributed by atoms with Crippen molar-refractivity contribution in [3.8, 4) is 0 Å². The predicted octanol–water partition coefficient (Wildman–Crippen LogP) is 0.974. The second kappa shape index (κ2) is 3.72. The molecular formula is C8H14O3. The summed E-state index contributed by atoms with van der Waals surface area (Å²) >= 11 is 0. The SMILES string of the molecule is CCC(C)C(=O)OC1COC1. The number of esters is 1. The zero-order chi connectivity index (χ0) is 8.27. The minimum Gasteiger partial charge on any atom is -0.457 e. The molecule has 0 spiro atoms. The van der Waals surface area contributed by atoms with Crippen molar-refractivity contribution in [1.29, 1.82) is 0 Å². The maximum Gasteiger partial charge on any atom is 0.309 e. The molecule has 11 heavy (non-hydrogen) atoms. The van der Waals surface area contributed by atoms with Crippen LogP contribution in [0.25, 0.3) is 0 Å². The summed E-state index contributed by atoms with van der Waals surface area (Å²) in [5.74, 6) is -0.0728. The van der Waals surface area contributed by atoms with Crippen molar-refractivity contribution in [2.24, 2.45) is 5.92 Å². The first kappa shape index (κ1) is 8.53. The highest BCUT2D eigenvalue weighted by molar-refractivity contribution is 5.72. The fourth-order valence-corrected chi connectivity index (χ4v) is 0.729. The molecule has 1 aliphatic heterocycles. The van der Waals surface area contributed by atoms with Crippen molar-refractivity contribution in [3.63, 3.8) is 0 Å². The van der Waals surface area contributed by atoms with E-state index in [1.54, 1.807) is 0 Å². The second-order valence-electron chi connectivity index (χ2n) is 2.91. The van der Waals surface area contributed by atoms with Crippen LogP contribution in [0.1, 0.15) is 20.3 Å². The van der Waals surface area contributed by atoms with Crippen LogP contribution in [0.4, 0.5) is 0 Å². The van der Waals surface area contributed by atoms with E-state index in [1.807, 2.05) is 13.8 Å². The van der Waals surface area contributed by atoms with Crippen LogP contribution in [0.15, 0.2) is 0 Å². The zero-order valence-electron chi connectivity index (χ0n) is 7.00. The molecule has 0 aromatic rings. The molecule has 1 heterocycles. The summed E-state index contributed by atoms with van der Waals surface area (Å²) in [5, 5.41) is 0. The number of carbonyl (C=O) groups excluding carboxylic acids is 1. The average molecular weight is 158 g/mol. The molecule has 3 heteroatoms. The Hall–Kier alpha value is -0.570. The van der Waals surface area contributed by atoms with Gasteiger partial charge in [-0.2, -0.15) is 0 Å². The molecular weight excluding hydrogens is 144 g/mol. The first-order valence-electron chi connectivity index (χ1n) is 4.02. The van der Waals surface area contributed by atoms with Crippen molar-refractivity contribution in [3.05, 3.63) is 0 Å². The maximum atomic E-state index is 11.1. The third-order valence-corrected chi connectivity index (χ3v) is 1.91. The Bertz CT molecular complexity index is 140. The molecule has 0 aliphatic carbocycles. The highest BCUT2D eigenvalue weighted by Crippen LogP contribution is 2.10. The number of hydrogen-bond donors (Lipinski definition) is 0. The van der Waals surface area contributed by atoms with E-state index in [4.69, 9.17) is 9.47 Å². The Labute approximate surface area is 66.7 Å². The Morgan fingerprint density at radius 2 is 2.36 bits per heavy atom. The lowest BCUT2D eigenvalue weighted by atomic mass is 10.1. The highest BCUT2D eigenvalue weighted by atomic mass is 16.6. The van der Waals surface area contributed by atoms with Crippen molar-refractivity contribution >= 4 is 5.97 Å². The Morgan fingerprint density at radius 1 is 1.73 bits per heavy atom. The molecule has 0 bridgehead atoms. The van der Waals surface area contributed by atoms with E-state index in [-0.39, 0.29) is 18.0 Å². The van der Waals surface area contributed by atoms with E-state index >= 15 is 0 Å². The monoisotopic (exact) mass is 158 g/mol. The Kier molecular flexibility index (Phi) is 2.88. The maximum absolute atomic E-state index is 11.1. The molecule has 1 aliphatic rings. The Balaban J connectivity index is 2.19. The first-order chi connectivity index (χ1) is 5.24. The lowest BCUT2D eigenvalue weighted by Gasteiger charge is -2.26. The summed E-state index contributed by atoms with van der Waals surface area (Å²) in [6.07, 6.45) is 0.864. The summed E-state index contributed by atoms with van der Waals surface area (Å²) in [5.41, 5.74) is 0. The van der Waals surface area contributed by atoms with Gasteiger partial charge in [-0.25, -0.2) is 0 Å². The molecule has 1 fully saturated rings. The van der Waals surface area contributed by atoms with Crippen molar-refractivity contribution in [2.45, 2.75) is 26.4 Å². The lowest BCUT2D eigenvalue weighted by molar-refractivity contribution is -0.176. The van der Waals surface area contributed by atoms with Gasteiger partial charge in [-0.15, -0.1) is 0 Å². The molecule has 1 rings (SSSR count). The molecule has 1 saturated heterocycles. The van der Waals surface area contributed by atoms with Crippen LogP contribution in [0.5, 0.6) is 0 Å². The molecule has 0 N–H and O–H groups in total. The molecule has 1 atom stereocenters. The smallest absolute Gasteiger partial charge is 0.309 e. The molecule has 3 nitrogen and oxygen atoms in total. The summed E-state index contributed by atoms with van der Waals surface area (Å²) in [4.78, 5) is 11.1. The van der Waals surface area contributed by atoms with Crippen molar-refractivity contribution in [1.82, 2.24) is 0 Å². The number of carbonyl (C=O) groups is 1. The van der Waals surface area contributed by atoms with Gasteiger partial charge in [0.1, 0.15) is 6.10 Å². The molecule has 64 valence electrons. The third kappa shape index (κ3) is 2.19. The van der Waals surface area contributed by atoms with Crippen LogP contribution in [-0.2, 0) is 14.3 Å². The van der Waals surface area contributed by atoms with Gasteiger partial charge in [0, 0.05) is 0 Å². The molecule has 0 aromatic carbocycles. The standard InChI is InChI=1S/C8H14O3/c1-3-6(2)8(9)11-7-4-10-5-7/h6-7H,3-5H2,1-2H3. The van der Waals surface area contributed by atoms with Crippen LogP contribution in [0.2, 0.25) is 0 Å². The van der Waals surface area contributed by atoms with E-state index < -0.39 is 0 Å². The fourth-order valence-electron chi connectivity index (χ4n) is 0.729. The average Bonchev–Trinajstić information content (AvgIpc) is 1.94. The van der Waals surface area contributed by atoms with E-state index in [0.717, 1.165) is 6.42 Å². The van der Waals surface area contributed by atoms with Crippen LogP contribution >= 0.6 is 0 Å². The largest absolute Gasteiger partial charge is 0.457 e. The predicted molar refractivity (Wildman–Crippen MR) is 40.2 cm³/mol. The quantitative estimate of drug-likeness (QED) is 0.574. The first-order valence-corrected chi connectivity index (χ1v) is 4.02. The molecule has 0 saturated carbocycles. The van der Waals surface area contributed by atoms with Gasteiger partial charge >= 0.3 is 5.97 Å². The fraction of sp³-hybridized carbons (Fsp3) is 0.875. The highest BCUT2D eigenvalue weighted by Gasteiger charge is 2.24. The van der Waals surface area contributed by atoms with Crippen LogP contribution < -0.4 is 0 Å². The molecule has 0 aromatic heterocycles. The normalized spacial score (nSPS) is 20.5. The third-order valence-electron chi connectivity index (χ3n) is 1.91. The van der Waals surface area contributed by atoms with Gasteiger partial charge in [0.25, 0.3) is 0 Å². The van der Waals surface area contributed by atoms with E-state index in [0.29, 0.717) is 13.2 Å². The molecule has 0 radical (unpaired) electrons. The minimum absolute atomic E-state index is 0.0237. The van der Waals surface area contributed by atoms with Crippen LogP contribution in [0.3, 0.4) is 0 Å². The summed E-state index contributed by atoms with van der Waals surface area (Å²) in [7, 11) is 0. The lowest BCUT2D eigenvalue weighted by Crippen LogP contribution is -2.38. The van der Waals surface area contributed by atoms with Gasteiger partial charge in [0.15, 0.2) is 0 Å². The van der Waals surface area contributed by atoms with Gasteiger partial charge in [0.2, 0.25) is 0 Å². The summed E-state index contributed by atoms with van der Waals surface area (Å²) < 4.78 is 9.95. The minimum atomic E-state index is -0.0965. The number of ether oxygens (including phenoxy) is 2. The van der Waals surface area contributed by atoms with Crippen molar-refractivity contribution < 1.29 is 14.3 Å².